The quantitative estimate of drug-likeness (QED) is 0.327. The minimum atomic E-state index is 0.251. The van der Waals surface area contributed by atoms with Crippen LogP contribution in [0.15, 0.2) is 60.9 Å². The number of nitrogens with zero attached hydrogens (tertiary/aromatic N) is 6. The molecule has 2 aromatic carbocycles. The van der Waals surface area contributed by atoms with E-state index in [-0.39, 0.29) is 5.91 Å². The molecule has 2 aromatic heterocycles. The Bertz CT molecular complexity index is 1380. The normalized spacial score (nSPS) is 15.8. The van der Waals surface area contributed by atoms with Crippen LogP contribution in [0.3, 0.4) is 0 Å². The van der Waals surface area contributed by atoms with Gasteiger partial charge in [0.15, 0.2) is 17.0 Å². The molecule has 6 rings (SSSR count). The molecular formula is C28H32N8O2. The highest BCUT2D eigenvalue weighted by Gasteiger charge is 2.19. The molecule has 2 saturated heterocycles. The average Bonchev–Trinajstić information content (AvgIpc) is 3.58. The number of fused-ring (bicyclic) bond motifs is 1. The molecule has 0 radical (unpaired) electrons. The first-order valence-electron chi connectivity index (χ1n) is 13.3. The van der Waals surface area contributed by atoms with Gasteiger partial charge in [-0.05, 0) is 49.2 Å². The van der Waals surface area contributed by atoms with Gasteiger partial charge in [-0.2, -0.15) is 9.97 Å². The third-order valence-electron chi connectivity index (χ3n) is 7.00. The molecule has 196 valence electrons. The van der Waals surface area contributed by atoms with Crippen molar-refractivity contribution < 1.29 is 9.53 Å². The SMILES string of the molecule is O=C1CCCN1CCCNc1nc(Nc2ccc(N3CCOCC3)cc2)c2ncn(-c3ccccc3)c2n1. The first-order chi connectivity index (χ1) is 18.7. The second-order valence-electron chi connectivity index (χ2n) is 9.55. The minimum absolute atomic E-state index is 0.251. The molecule has 0 saturated carbocycles. The number of imidazole rings is 1. The number of hydrogen-bond donors (Lipinski definition) is 2. The van der Waals surface area contributed by atoms with Gasteiger partial charge in [0.1, 0.15) is 6.33 Å². The topological polar surface area (TPSA) is 100 Å². The highest BCUT2D eigenvalue weighted by molar-refractivity contribution is 5.87. The fraction of sp³-hybridized carbons (Fsp3) is 0.357. The summed E-state index contributed by atoms with van der Waals surface area (Å²) in [5.74, 6) is 1.41. The number of para-hydroxylation sites is 1. The third kappa shape index (κ3) is 5.26. The summed E-state index contributed by atoms with van der Waals surface area (Å²) >= 11 is 0. The summed E-state index contributed by atoms with van der Waals surface area (Å²) in [4.78, 5) is 30.4. The number of anilines is 4. The maximum atomic E-state index is 11.9. The fourth-order valence-corrected chi connectivity index (χ4v) is 4.97. The van der Waals surface area contributed by atoms with Crippen LogP contribution in [0.1, 0.15) is 19.3 Å². The summed E-state index contributed by atoms with van der Waals surface area (Å²) in [6.45, 7) is 5.59. The van der Waals surface area contributed by atoms with E-state index in [0.29, 0.717) is 30.2 Å². The number of aromatic nitrogens is 4. The van der Waals surface area contributed by atoms with E-state index < -0.39 is 0 Å². The van der Waals surface area contributed by atoms with Crippen molar-refractivity contribution in [3.05, 3.63) is 60.9 Å². The van der Waals surface area contributed by atoms with Crippen LogP contribution >= 0.6 is 0 Å². The van der Waals surface area contributed by atoms with Crippen molar-refractivity contribution in [2.24, 2.45) is 0 Å². The lowest BCUT2D eigenvalue weighted by atomic mass is 10.2. The van der Waals surface area contributed by atoms with E-state index in [1.54, 1.807) is 6.33 Å². The second kappa shape index (κ2) is 11.1. The number of ether oxygens (including phenoxy) is 1. The maximum absolute atomic E-state index is 11.9. The molecule has 2 fully saturated rings. The van der Waals surface area contributed by atoms with E-state index in [4.69, 9.17) is 14.7 Å². The first kappa shape index (κ1) is 24.2. The van der Waals surface area contributed by atoms with Gasteiger partial charge in [-0.15, -0.1) is 0 Å². The molecule has 1 amide bonds. The second-order valence-corrected chi connectivity index (χ2v) is 9.55. The molecule has 0 bridgehead atoms. The number of benzene rings is 2. The zero-order valence-electron chi connectivity index (χ0n) is 21.3. The van der Waals surface area contributed by atoms with E-state index >= 15 is 0 Å². The summed E-state index contributed by atoms with van der Waals surface area (Å²) in [5.41, 5.74) is 4.50. The average molecular weight is 513 g/mol. The van der Waals surface area contributed by atoms with Crippen LogP contribution in [0, 0.1) is 0 Å². The Labute approximate surface area is 221 Å². The number of hydrogen-bond acceptors (Lipinski definition) is 8. The largest absolute Gasteiger partial charge is 0.378 e. The number of likely N-dealkylation sites (tertiary alicyclic amines) is 1. The highest BCUT2D eigenvalue weighted by atomic mass is 16.5. The lowest BCUT2D eigenvalue weighted by Gasteiger charge is -2.28. The van der Waals surface area contributed by atoms with E-state index in [0.717, 1.165) is 69.3 Å². The predicted molar refractivity (Wildman–Crippen MR) is 148 cm³/mol. The number of carbonyl (C=O) groups is 1. The van der Waals surface area contributed by atoms with Gasteiger partial charge in [0.2, 0.25) is 11.9 Å². The van der Waals surface area contributed by atoms with Crippen LogP contribution in [0.5, 0.6) is 0 Å². The van der Waals surface area contributed by atoms with E-state index in [9.17, 15) is 4.79 Å². The number of nitrogens with one attached hydrogen (secondary N) is 2. The molecule has 10 heteroatoms. The summed E-state index contributed by atoms with van der Waals surface area (Å²) in [7, 11) is 0. The molecule has 4 aromatic rings. The van der Waals surface area contributed by atoms with Gasteiger partial charge in [0.05, 0.1) is 13.2 Å². The van der Waals surface area contributed by atoms with E-state index in [1.165, 1.54) is 5.69 Å². The summed E-state index contributed by atoms with van der Waals surface area (Å²) in [5, 5.41) is 6.82. The van der Waals surface area contributed by atoms with Gasteiger partial charge in [-0.25, -0.2) is 4.98 Å². The molecule has 2 N–H and O–H groups in total. The molecule has 2 aliphatic heterocycles. The first-order valence-corrected chi connectivity index (χ1v) is 13.3. The van der Waals surface area contributed by atoms with Gasteiger partial charge >= 0.3 is 0 Å². The standard InChI is InChI=1S/C28H32N8O2/c37-24-8-4-14-35(24)15-5-13-29-28-32-26(25-27(33-28)36(20-30-25)23-6-2-1-3-7-23)31-21-9-11-22(12-10-21)34-16-18-38-19-17-34/h1-3,6-7,9-12,20H,4-5,8,13-19H2,(H2,29,31,32,33). The molecule has 0 unspecified atom stereocenters. The monoisotopic (exact) mass is 512 g/mol. The number of morpholine rings is 1. The van der Waals surface area contributed by atoms with Gasteiger partial charge in [-0.1, -0.05) is 18.2 Å². The van der Waals surface area contributed by atoms with Crippen molar-refractivity contribution in [1.82, 2.24) is 24.4 Å². The summed E-state index contributed by atoms with van der Waals surface area (Å²) < 4.78 is 7.45. The Morgan fingerprint density at radius 1 is 0.921 bits per heavy atom. The van der Waals surface area contributed by atoms with Gasteiger partial charge in [-0.3, -0.25) is 9.36 Å². The van der Waals surface area contributed by atoms with Gasteiger partial charge in [0, 0.05) is 56.2 Å². The van der Waals surface area contributed by atoms with Crippen molar-refractivity contribution in [2.45, 2.75) is 19.3 Å². The van der Waals surface area contributed by atoms with Crippen LogP contribution in [0.4, 0.5) is 23.1 Å². The van der Waals surface area contributed by atoms with Crippen LogP contribution in [-0.2, 0) is 9.53 Å². The van der Waals surface area contributed by atoms with E-state index in [2.05, 4.69) is 44.8 Å². The molecule has 0 spiro atoms. The van der Waals surface area contributed by atoms with Crippen LogP contribution in [-0.4, -0.2) is 76.3 Å². The highest BCUT2D eigenvalue weighted by Crippen LogP contribution is 2.27. The molecule has 2 aliphatic rings. The Kier molecular flexibility index (Phi) is 7.03. The molecule has 0 aliphatic carbocycles. The van der Waals surface area contributed by atoms with Gasteiger partial charge in [0.25, 0.3) is 0 Å². The van der Waals surface area contributed by atoms with Crippen molar-refractivity contribution in [1.29, 1.82) is 0 Å². The van der Waals surface area contributed by atoms with Gasteiger partial charge < -0.3 is 25.2 Å². The molecule has 0 atom stereocenters. The van der Waals surface area contributed by atoms with Crippen molar-refractivity contribution in [3.8, 4) is 5.69 Å². The molecule has 4 heterocycles. The Hall–Kier alpha value is -4.18. The minimum Gasteiger partial charge on any atom is -0.378 e. The Morgan fingerprint density at radius 2 is 1.74 bits per heavy atom. The summed E-state index contributed by atoms with van der Waals surface area (Å²) in [6.07, 6.45) is 4.23. The lowest BCUT2D eigenvalue weighted by molar-refractivity contribution is -0.127. The van der Waals surface area contributed by atoms with Crippen LogP contribution in [0.2, 0.25) is 0 Å². The molecule has 10 nitrogen and oxygen atoms in total. The Morgan fingerprint density at radius 3 is 2.50 bits per heavy atom. The molecular weight excluding hydrogens is 480 g/mol. The van der Waals surface area contributed by atoms with Crippen LogP contribution in [0.25, 0.3) is 16.9 Å². The number of amides is 1. The van der Waals surface area contributed by atoms with Crippen molar-refractivity contribution >= 4 is 40.2 Å². The predicted octanol–water partition coefficient (Wildman–Crippen LogP) is 3.82. The van der Waals surface area contributed by atoms with Crippen LogP contribution < -0.4 is 15.5 Å². The fourth-order valence-electron chi connectivity index (χ4n) is 4.97. The Balaban J connectivity index is 1.24. The summed E-state index contributed by atoms with van der Waals surface area (Å²) in [6, 6.07) is 18.4. The number of carbonyl (C=O) groups excluding carboxylic acids is 1. The van der Waals surface area contributed by atoms with Crippen molar-refractivity contribution in [2.75, 3.05) is 61.5 Å². The zero-order valence-corrected chi connectivity index (χ0v) is 21.3. The lowest BCUT2D eigenvalue weighted by Crippen LogP contribution is -2.36. The van der Waals surface area contributed by atoms with E-state index in [1.807, 2.05) is 39.8 Å². The zero-order chi connectivity index (χ0) is 25.7. The molecule has 38 heavy (non-hydrogen) atoms. The van der Waals surface area contributed by atoms with Crippen molar-refractivity contribution in [3.63, 3.8) is 0 Å². The number of rotatable bonds is 9. The maximum Gasteiger partial charge on any atom is 0.226 e. The third-order valence-corrected chi connectivity index (χ3v) is 7.00. The smallest absolute Gasteiger partial charge is 0.226 e.